The standard InChI is InChI=1S/C17H19ClN4O/c18-15-2-1-3-16(12-15)21-8-10-22(11-9-21)17(23)20-13-14-4-6-19-7-5-14/h1-7,12H,8-11,13H2,(H,20,23). The van der Waals surface area contributed by atoms with Gasteiger partial charge in [-0.3, -0.25) is 4.98 Å². The van der Waals surface area contributed by atoms with Crippen LogP contribution in [0.2, 0.25) is 5.02 Å². The van der Waals surface area contributed by atoms with Gasteiger partial charge in [-0.15, -0.1) is 0 Å². The average molecular weight is 331 g/mol. The van der Waals surface area contributed by atoms with Gasteiger partial charge < -0.3 is 15.1 Å². The molecular formula is C17H19ClN4O. The molecule has 0 radical (unpaired) electrons. The molecule has 1 fully saturated rings. The number of nitrogens with one attached hydrogen (secondary N) is 1. The monoisotopic (exact) mass is 330 g/mol. The van der Waals surface area contributed by atoms with Gasteiger partial charge in [0.1, 0.15) is 0 Å². The van der Waals surface area contributed by atoms with Gasteiger partial charge in [-0.05, 0) is 35.9 Å². The van der Waals surface area contributed by atoms with E-state index in [2.05, 4.69) is 15.2 Å². The van der Waals surface area contributed by atoms with Crippen LogP contribution < -0.4 is 10.2 Å². The van der Waals surface area contributed by atoms with Crippen molar-refractivity contribution in [3.63, 3.8) is 0 Å². The lowest BCUT2D eigenvalue weighted by Gasteiger charge is -2.36. The average Bonchev–Trinajstić information content (AvgIpc) is 2.61. The molecule has 1 aromatic heterocycles. The third-order valence-electron chi connectivity index (χ3n) is 3.93. The summed E-state index contributed by atoms with van der Waals surface area (Å²) in [5.41, 5.74) is 2.15. The molecule has 0 atom stereocenters. The fourth-order valence-corrected chi connectivity index (χ4v) is 2.82. The molecule has 2 heterocycles. The van der Waals surface area contributed by atoms with Crippen molar-refractivity contribution in [3.05, 3.63) is 59.4 Å². The summed E-state index contributed by atoms with van der Waals surface area (Å²) in [5, 5.41) is 3.69. The minimum atomic E-state index is -0.0208. The van der Waals surface area contributed by atoms with E-state index in [9.17, 15) is 4.79 Å². The quantitative estimate of drug-likeness (QED) is 0.941. The van der Waals surface area contributed by atoms with Crippen molar-refractivity contribution >= 4 is 23.3 Å². The van der Waals surface area contributed by atoms with Gasteiger partial charge in [0.25, 0.3) is 0 Å². The van der Waals surface area contributed by atoms with E-state index in [0.717, 1.165) is 29.4 Å². The normalized spacial score (nSPS) is 14.7. The first kappa shape index (κ1) is 15.6. The maximum absolute atomic E-state index is 12.2. The summed E-state index contributed by atoms with van der Waals surface area (Å²) in [5.74, 6) is 0. The molecule has 2 amide bonds. The Bertz CT molecular complexity index is 657. The van der Waals surface area contributed by atoms with Gasteiger partial charge in [-0.2, -0.15) is 0 Å². The molecule has 0 saturated carbocycles. The molecule has 0 unspecified atom stereocenters. The van der Waals surface area contributed by atoms with E-state index in [1.807, 2.05) is 41.3 Å². The Morgan fingerprint density at radius 1 is 1.13 bits per heavy atom. The highest BCUT2D eigenvalue weighted by molar-refractivity contribution is 6.30. The third kappa shape index (κ3) is 4.13. The molecule has 6 heteroatoms. The lowest BCUT2D eigenvalue weighted by Crippen LogP contribution is -2.51. The summed E-state index contributed by atoms with van der Waals surface area (Å²) in [6.45, 7) is 3.55. The molecule has 1 aliphatic rings. The molecule has 3 rings (SSSR count). The topological polar surface area (TPSA) is 48.5 Å². The molecule has 23 heavy (non-hydrogen) atoms. The van der Waals surface area contributed by atoms with Crippen LogP contribution in [0.15, 0.2) is 48.8 Å². The van der Waals surface area contributed by atoms with Crippen LogP contribution in [-0.4, -0.2) is 42.1 Å². The summed E-state index contributed by atoms with van der Waals surface area (Å²) in [6, 6.07) is 11.6. The van der Waals surface area contributed by atoms with Crippen LogP contribution in [-0.2, 0) is 6.54 Å². The summed E-state index contributed by atoms with van der Waals surface area (Å²) >= 11 is 6.04. The largest absolute Gasteiger partial charge is 0.368 e. The number of aromatic nitrogens is 1. The molecule has 0 bridgehead atoms. The van der Waals surface area contributed by atoms with E-state index in [-0.39, 0.29) is 6.03 Å². The van der Waals surface area contributed by atoms with Gasteiger partial charge in [-0.25, -0.2) is 4.79 Å². The number of carbonyl (C=O) groups is 1. The lowest BCUT2D eigenvalue weighted by molar-refractivity contribution is 0.194. The first-order valence-corrected chi connectivity index (χ1v) is 8.02. The van der Waals surface area contributed by atoms with E-state index < -0.39 is 0 Å². The van der Waals surface area contributed by atoms with Crippen molar-refractivity contribution in [2.45, 2.75) is 6.54 Å². The number of anilines is 1. The molecule has 1 aromatic carbocycles. The Morgan fingerprint density at radius 2 is 1.87 bits per heavy atom. The minimum Gasteiger partial charge on any atom is -0.368 e. The number of hydrogen-bond acceptors (Lipinski definition) is 3. The van der Waals surface area contributed by atoms with Gasteiger partial charge in [-0.1, -0.05) is 17.7 Å². The second kappa shape index (κ2) is 7.33. The number of piperazine rings is 1. The van der Waals surface area contributed by atoms with Crippen LogP contribution in [0.25, 0.3) is 0 Å². The first-order valence-electron chi connectivity index (χ1n) is 7.64. The van der Waals surface area contributed by atoms with Crippen LogP contribution in [0.3, 0.4) is 0 Å². The van der Waals surface area contributed by atoms with Crippen LogP contribution in [0.1, 0.15) is 5.56 Å². The molecule has 2 aromatic rings. The van der Waals surface area contributed by atoms with Gasteiger partial charge in [0.2, 0.25) is 0 Å². The highest BCUT2D eigenvalue weighted by Crippen LogP contribution is 2.20. The maximum atomic E-state index is 12.2. The lowest BCUT2D eigenvalue weighted by atomic mass is 10.2. The molecule has 1 saturated heterocycles. The molecule has 1 aliphatic heterocycles. The zero-order valence-electron chi connectivity index (χ0n) is 12.8. The van der Waals surface area contributed by atoms with Gasteiger partial charge in [0.05, 0.1) is 0 Å². The van der Waals surface area contributed by atoms with Crippen molar-refractivity contribution in [3.8, 4) is 0 Å². The van der Waals surface area contributed by atoms with Crippen LogP contribution in [0.4, 0.5) is 10.5 Å². The van der Waals surface area contributed by atoms with Gasteiger partial charge in [0, 0.05) is 55.8 Å². The fraction of sp³-hybridized carbons (Fsp3) is 0.294. The fourth-order valence-electron chi connectivity index (χ4n) is 2.63. The number of urea groups is 1. The Balaban J connectivity index is 1.49. The number of pyridine rings is 1. The number of carbonyl (C=O) groups excluding carboxylic acids is 1. The highest BCUT2D eigenvalue weighted by atomic mass is 35.5. The number of hydrogen-bond donors (Lipinski definition) is 1. The summed E-state index contributed by atoms with van der Waals surface area (Å²) < 4.78 is 0. The molecular weight excluding hydrogens is 312 g/mol. The molecule has 1 N–H and O–H groups in total. The van der Waals surface area contributed by atoms with E-state index in [1.54, 1.807) is 12.4 Å². The van der Waals surface area contributed by atoms with Crippen molar-refractivity contribution in [1.82, 2.24) is 15.2 Å². The van der Waals surface area contributed by atoms with E-state index in [1.165, 1.54) is 0 Å². The van der Waals surface area contributed by atoms with Crippen LogP contribution in [0.5, 0.6) is 0 Å². The second-order valence-electron chi connectivity index (χ2n) is 5.47. The van der Waals surface area contributed by atoms with E-state index >= 15 is 0 Å². The molecule has 0 spiro atoms. The Morgan fingerprint density at radius 3 is 2.57 bits per heavy atom. The zero-order chi connectivity index (χ0) is 16.1. The predicted molar refractivity (Wildman–Crippen MR) is 91.7 cm³/mol. The number of amides is 2. The van der Waals surface area contributed by atoms with Crippen molar-refractivity contribution < 1.29 is 4.79 Å². The number of rotatable bonds is 3. The smallest absolute Gasteiger partial charge is 0.317 e. The van der Waals surface area contributed by atoms with E-state index in [0.29, 0.717) is 19.6 Å². The number of nitrogens with zero attached hydrogens (tertiary/aromatic N) is 3. The molecule has 120 valence electrons. The maximum Gasteiger partial charge on any atom is 0.317 e. The SMILES string of the molecule is O=C(NCc1ccncc1)N1CCN(c2cccc(Cl)c2)CC1. The summed E-state index contributed by atoms with van der Waals surface area (Å²) in [7, 11) is 0. The van der Waals surface area contributed by atoms with Crippen molar-refractivity contribution in [2.24, 2.45) is 0 Å². The Kier molecular flexibility index (Phi) is 4.98. The molecule has 5 nitrogen and oxygen atoms in total. The zero-order valence-corrected chi connectivity index (χ0v) is 13.5. The van der Waals surface area contributed by atoms with Crippen molar-refractivity contribution in [1.29, 1.82) is 0 Å². The Labute approximate surface area is 140 Å². The number of halogens is 1. The predicted octanol–water partition coefficient (Wildman–Crippen LogP) is 2.77. The summed E-state index contributed by atoms with van der Waals surface area (Å²) in [6.07, 6.45) is 3.45. The third-order valence-corrected chi connectivity index (χ3v) is 4.17. The second-order valence-corrected chi connectivity index (χ2v) is 5.90. The Hall–Kier alpha value is -2.27. The van der Waals surface area contributed by atoms with Gasteiger partial charge >= 0.3 is 6.03 Å². The molecule has 0 aliphatic carbocycles. The summed E-state index contributed by atoms with van der Waals surface area (Å²) in [4.78, 5) is 20.3. The first-order chi connectivity index (χ1) is 11.2. The van der Waals surface area contributed by atoms with Crippen LogP contribution in [0, 0.1) is 0 Å². The van der Waals surface area contributed by atoms with Crippen molar-refractivity contribution in [2.75, 3.05) is 31.1 Å². The highest BCUT2D eigenvalue weighted by Gasteiger charge is 2.21. The number of benzene rings is 1. The minimum absolute atomic E-state index is 0.0208. The van der Waals surface area contributed by atoms with Gasteiger partial charge in [0.15, 0.2) is 0 Å². The van der Waals surface area contributed by atoms with Crippen LogP contribution >= 0.6 is 11.6 Å². The van der Waals surface area contributed by atoms with E-state index in [4.69, 9.17) is 11.6 Å².